The minimum atomic E-state index is -1.64. The number of nitrogens with zero attached hydrogens (tertiary/aromatic N) is 1. The molecule has 0 atom stereocenters. The number of hydrogen-bond donors (Lipinski definition) is 0. The van der Waals surface area contributed by atoms with E-state index < -0.39 is 7.05 Å². The van der Waals surface area contributed by atoms with Gasteiger partial charge in [0.1, 0.15) is 0 Å². The van der Waals surface area contributed by atoms with Crippen LogP contribution in [0.2, 0.25) is 0 Å². The predicted octanol–water partition coefficient (Wildman–Crippen LogP) is 9.73. The molecule has 1 nitrogen and oxygen atoms in total. The molecule has 0 saturated carbocycles. The van der Waals surface area contributed by atoms with Gasteiger partial charge in [-0.05, 0) is 38.8 Å². The van der Waals surface area contributed by atoms with Gasteiger partial charge in [-0.3, -0.25) is 4.74 Å². The Balaban J connectivity index is 0. The molecule has 0 unspecified atom stereocenters. The molecule has 166 valence electrons. The van der Waals surface area contributed by atoms with E-state index in [0.717, 1.165) is 12.8 Å². The Bertz CT molecular complexity index is 586. The van der Waals surface area contributed by atoms with Crippen molar-refractivity contribution in [1.82, 2.24) is 0 Å². The van der Waals surface area contributed by atoms with Crippen LogP contribution in [0, 0.1) is 0 Å². The van der Waals surface area contributed by atoms with Gasteiger partial charge in [0.2, 0.25) is 0 Å². The fraction of sp³-hybridized carbons (Fsp3) is 0.692. The Morgan fingerprint density at radius 2 is 1.38 bits per heavy atom. The van der Waals surface area contributed by atoms with Gasteiger partial charge < -0.3 is 0 Å². The van der Waals surface area contributed by atoms with Crippen LogP contribution in [0.3, 0.4) is 0 Å². The van der Waals surface area contributed by atoms with Crippen LogP contribution in [0.5, 0.6) is 0 Å². The summed E-state index contributed by atoms with van der Waals surface area (Å²) in [7, 11) is -1.64. The normalized spacial score (nSPS) is 14.8. The molecule has 0 aromatic rings. The maximum atomic E-state index is 5.64. The first kappa shape index (κ1) is 31.1. The molecular formula is C26H48NPTi. The summed E-state index contributed by atoms with van der Waals surface area (Å²) in [5.74, 6) is 0. The van der Waals surface area contributed by atoms with Gasteiger partial charge in [0.05, 0.1) is 0 Å². The largest absolute Gasteiger partial charge is 0.270 e. The third kappa shape index (κ3) is 7.23. The monoisotopic (exact) mass is 453 g/mol. The molecule has 0 radical (unpaired) electrons. The van der Waals surface area contributed by atoms with E-state index in [1.165, 1.54) is 25.0 Å². The molecule has 29 heavy (non-hydrogen) atoms. The van der Waals surface area contributed by atoms with Crippen molar-refractivity contribution >= 4 is 7.05 Å². The zero-order valence-electron chi connectivity index (χ0n) is 21.1. The van der Waals surface area contributed by atoms with Gasteiger partial charge in [0, 0.05) is 49.3 Å². The van der Waals surface area contributed by atoms with E-state index in [9.17, 15) is 0 Å². The van der Waals surface area contributed by atoms with Crippen molar-refractivity contribution in [1.29, 1.82) is 0 Å². The van der Waals surface area contributed by atoms with Gasteiger partial charge in [0.15, 0.2) is 0 Å². The molecule has 0 bridgehead atoms. The molecular weight excluding hydrogens is 405 g/mol. The second-order valence-electron chi connectivity index (χ2n) is 9.60. The summed E-state index contributed by atoms with van der Waals surface area (Å²) in [4.78, 5) is 0. The van der Waals surface area contributed by atoms with Crippen LogP contribution in [-0.4, -0.2) is 15.5 Å². The number of rotatable bonds is 9. The van der Waals surface area contributed by atoms with Crippen LogP contribution < -0.4 is 0 Å². The molecule has 1 rings (SSSR count). The summed E-state index contributed by atoms with van der Waals surface area (Å²) in [5, 5.41) is 0.778. The second kappa shape index (κ2) is 13.3. The molecule has 0 amide bonds. The molecule has 0 fully saturated rings. The van der Waals surface area contributed by atoms with Crippen molar-refractivity contribution in [3.8, 4) is 0 Å². The molecule has 0 heterocycles. The Hall–Kier alpha value is -0.0957. The average molecular weight is 454 g/mol. The number of hydrogen-bond acceptors (Lipinski definition) is 1. The fourth-order valence-corrected chi connectivity index (χ4v) is 12.1. The Kier molecular flexibility index (Phi) is 14.3. The molecule has 0 aromatic heterocycles. The Labute approximate surface area is 198 Å². The van der Waals surface area contributed by atoms with Crippen molar-refractivity contribution in [2.45, 2.75) is 117 Å². The van der Waals surface area contributed by atoms with Crippen LogP contribution in [0.1, 0.15) is 101 Å². The van der Waals surface area contributed by atoms with Crippen molar-refractivity contribution < 1.29 is 21.7 Å². The summed E-state index contributed by atoms with van der Waals surface area (Å²) < 4.78 is 5.64. The van der Waals surface area contributed by atoms with Gasteiger partial charge >= 0.3 is 0 Å². The topological polar surface area (TPSA) is 12.4 Å². The molecule has 3 heteroatoms. The van der Waals surface area contributed by atoms with Gasteiger partial charge in [-0.25, -0.2) is 0 Å². The van der Waals surface area contributed by atoms with Crippen molar-refractivity contribution in [2.75, 3.05) is 0 Å². The maximum Gasteiger partial charge on any atom is 0.0425 e. The van der Waals surface area contributed by atoms with Crippen LogP contribution in [0.4, 0.5) is 0 Å². The molecule has 1 aliphatic carbocycles. The third-order valence-electron chi connectivity index (χ3n) is 6.76. The minimum Gasteiger partial charge on any atom is -0.270 e. The van der Waals surface area contributed by atoms with E-state index in [2.05, 4.69) is 100 Å². The summed E-state index contributed by atoms with van der Waals surface area (Å²) in [6.07, 6.45) is 18.1. The smallest absolute Gasteiger partial charge is 0.0425 e. The summed E-state index contributed by atoms with van der Waals surface area (Å²) in [5.41, 5.74) is 1.30. The molecule has 1 aliphatic rings. The average Bonchev–Trinajstić information content (AvgIpc) is 3.17. The zero-order valence-corrected chi connectivity index (χ0v) is 23.6. The SMILES string of the molecule is C=CC=CCC.CCC(C)(C)P(=NC1=CC=CC1)(C(C)(C)CC)C(C)(C)CC.[Ti]. The van der Waals surface area contributed by atoms with E-state index in [1.54, 1.807) is 6.08 Å². The fourth-order valence-electron chi connectivity index (χ4n) is 4.49. The molecule has 0 saturated heterocycles. The van der Waals surface area contributed by atoms with Crippen molar-refractivity contribution in [3.63, 3.8) is 0 Å². The Morgan fingerprint density at radius 1 is 0.931 bits per heavy atom. The van der Waals surface area contributed by atoms with E-state index in [0.29, 0.717) is 0 Å². The van der Waals surface area contributed by atoms with Crippen LogP contribution >= 0.6 is 7.05 Å². The van der Waals surface area contributed by atoms with Crippen molar-refractivity contribution in [2.24, 2.45) is 4.74 Å². The first-order valence-electron chi connectivity index (χ1n) is 11.2. The van der Waals surface area contributed by atoms with E-state index in [4.69, 9.17) is 4.74 Å². The van der Waals surface area contributed by atoms with Gasteiger partial charge in [-0.2, -0.15) is 0 Å². The van der Waals surface area contributed by atoms with Crippen LogP contribution in [0.15, 0.2) is 53.5 Å². The summed E-state index contributed by atoms with van der Waals surface area (Å²) in [6.45, 7) is 27.5. The third-order valence-corrected chi connectivity index (χ3v) is 13.5. The van der Waals surface area contributed by atoms with E-state index >= 15 is 0 Å². The minimum absolute atomic E-state index is 0. The maximum absolute atomic E-state index is 5.64. The van der Waals surface area contributed by atoms with Gasteiger partial charge in [-0.15, -0.1) is 0 Å². The van der Waals surface area contributed by atoms with E-state index in [1.807, 2.05) is 6.08 Å². The summed E-state index contributed by atoms with van der Waals surface area (Å²) in [6, 6.07) is 0. The molecule has 0 aliphatic heterocycles. The van der Waals surface area contributed by atoms with Gasteiger partial charge in [0.25, 0.3) is 0 Å². The Morgan fingerprint density at radius 3 is 1.62 bits per heavy atom. The van der Waals surface area contributed by atoms with E-state index in [-0.39, 0.29) is 37.2 Å². The zero-order chi connectivity index (χ0) is 22.1. The summed E-state index contributed by atoms with van der Waals surface area (Å²) >= 11 is 0. The predicted molar refractivity (Wildman–Crippen MR) is 134 cm³/mol. The second-order valence-corrected chi connectivity index (χ2v) is 14.7. The molecule has 0 aromatic carbocycles. The molecule has 0 N–H and O–H groups in total. The number of allylic oxidation sites excluding steroid dienone is 6. The van der Waals surface area contributed by atoms with Crippen LogP contribution in [0.25, 0.3) is 0 Å². The standard InChI is InChI=1S/C20H38NP.C6H10.Ti/c1-10-18(4,5)22(19(6,7)11-2,20(8,9)12-3)21-17-15-13-14-16-17;1-3-5-6-4-2;/h13-15H,10-12,16H2,1-9H3;3,5-6H,1,4H2,2H3;. The van der Waals surface area contributed by atoms with Crippen molar-refractivity contribution in [3.05, 3.63) is 48.7 Å². The van der Waals surface area contributed by atoms with Crippen LogP contribution in [-0.2, 0) is 21.7 Å². The van der Waals surface area contributed by atoms with Gasteiger partial charge in [-0.1, -0.05) is 106 Å². The first-order valence-corrected chi connectivity index (χ1v) is 12.9. The first-order chi connectivity index (χ1) is 12.9. The quantitative estimate of drug-likeness (QED) is 0.187. The molecule has 0 spiro atoms.